The Labute approximate surface area is 88.4 Å². The predicted molar refractivity (Wildman–Crippen MR) is 53.4 cm³/mol. The number of nitrogens with zero attached hydrogens (tertiary/aromatic N) is 1. The van der Waals surface area contributed by atoms with Crippen LogP contribution in [0.5, 0.6) is 0 Å². The Morgan fingerprint density at radius 3 is 2.67 bits per heavy atom. The second-order valence-electron chi connectivity index (χ2n) is 4.18. The van der Waals surface area contributed by atoms with Gasteiger partial charge < -0.3 is 15.3 Å². The van der Waals surface area contributed by atoms with Crippen LogP contribution < -0.4 is 5.32 Å². The summed E-state index contributed by atoms with van der Waals surface area (Å²) in [5.74, 6) is -0.906. The topological polar surface area (TPSA) is 69.6 Å². The van der Waals surface area contributed by atoms with Crippen LogP contribution in [0.2, 0.25) is 0 Å². The van der Waals surface area contributed by atoms with Gasteiger partial charge in [0.05, 0.1) is 6.04 Å². The van der Waals surface area contributed by atoms with Gasteiger partial charge in [0.2, 0.25) is 5.91 Å². The average molecular weight is 212 g/mol. The molecule has 2 fully saturated rings. The third-order valence-corrected chi connectivity index (χ3v) is 3.18. The minimum Gasteiger partial charge on any atom is -0.480 e. The van der Waals surface area contributed by atoms with E-state index in [2.05, 4.69) is 5.32 Å². The van der Waals surface area contributed by atoms with Crippen molar-refractivity contribution in [1.82, 2.24) is 10.2 Å². The molecule has 84 valence electrons. The largest absolute Gasteiger partial charge is 0.480 e. The number of carbonyl (C=O) groups is 2. The SMILES string of the molecule is O=C(O)[C@H]1CCCN1C(=O)[C@@H]1CCCN1. The van der Waals surface area contributed by atoms with Gasteiger partial charge in [-0.05, 0) is 32.2 Å². The van der Waals surface area contributed by atoms with E-state index in [0.29, 0.717) is 13.0 Å². The summed E-state index contributed by atoms with van der Waals surface area (Å²) in [6.07, 6.45) is 3.23. The van der Waals surface area contributed by atoms with Crippen molar-refractivity contribution in [3.8, 4) is 0 Å². The Balaban J connectivity index is 2.02. The second-order valence-corrected chi connectivity index (χ2v) is 4.18. The fraction of sp³-hybridized carbons (Fsp3) is 0.800. The molecule has 2 heterocycles. The van der Waals surface area contributed by atoms with E-state index in [1.54, 1.807) is 0 Å². The third kappa shape index (κ3) is 1.97. The Bertz CT molecular complexity index is 274. The van der Waals surface area contributed by atoms with Gasteiger partial charge in [-0.25, -0.2) is 4.79 Å². The number of hydrogen-bond acceptors (Lipinski definition) is 3. The average Bonchev–Trinajstić information content (AvgIpc) is 2.88. The lowest BCUT2D eigenvalue weighted by Gasteiger charge is -2.24. The number of carbonyl (C=O) groups excluding carboxylic acids is 1. The number of aliphatic carboxylic acids is 1. The van der Waals surface area contributed by atoms with Crippen LogP contribution in [0.4, 0.5) is 0 Å². The van der Waals surface area contributed by atoms with Gasteiger partial charge in [-0.15, -0.1) is 0 Å². The maximum absolute atomic E-state index is 12.0. The predicted octanol–water partition coefficient (Wildman–Crippen LogP) is -0.186. The van der Waals surface area contributed by atoms with Gasteiger partial charge in [0.1, 0.15) is 6.04 Å². The number of carboxylic acids is 1. The van der Waals surface area contributed by atoms with E-state index in [1.165, 1.54) is 4.90 Å². The molecule has 1 amide bonds. The van der Waals surface area contributed by atoms with E-state index in [1.807, 2.05) is 0 Å². The molecular weight excluding hydrogens is 196 g/mol. The fourth-order valence-electron chi connectivity index (χ4n) is 2.38. The first kappa shape index (κ1) is 10.4. The van der Waals surface area contributed by atoms with Crippen LogP contribution in [0.1, 0.15) is 25.7 Å². The zero-order chi connectivity index (χ0) is 10.8. The van der Waals surface area contributed by atoms with Crippen molar-refractivity contribution in [1.29, 1.82) is 0 Å². The highest BCUT2D eigenvalue weighted by atomic mass is 16.4. The number of carboxylic acid groups (broad SMARTS) is 1. The summed E-state index contributed by atoms with van der Waals surface area (Å²) in [4.78, 5) is 24.4. The molecule has 0 aliphatic carbocycles. The van der Waals surface area contributed by atoms with Crippen LogP contribution in [-0.2, 0) is 9.59 Å². The second kappa shape index (κ2) is 4.18. The minimum absolute atomic E-state index is 0.0302. The number of amides is 1. The molecule has 2 N–H and O–H groups in total. The summed E-state index contributed by atoms with van der Waals surface area (Å²) in [5.41, 5.74) is 0. The molecule has 0 aromatic carbocycles. The Morgan fingerprint density at radius 2 is 2.07 bits per heavy atom. The Kier molecular flexibility index (Phi) is 2.90. The molecule has 2 atom stereocenters. The number of hydrogen-bond donors (Lipinski definition) is 2. The Morgan fingerprint density at radius 1 is 1.27 bits per heavy atom. The summed E-state index contributed by atoms with van der Waals surface area (Å²) in [7, 11) is 0. The first-order valence-corrected chi connectivity index (χ1v) is 5.47. The molecule has 5 nitrogen and oxygen atoms in total. The highest BCUT2D eigenvalue weighted by molar-refractivity contribution is 5.87. The van der Waals surface area contributed by atoms with Crippen LogP contribution in [0.25, 0.3) is 0 Å². The van der Waals surface area contributed by atoms with E-state index in [4.69, 9.17) is 5.11 Å². The molecule has 0 saturated carbocycles. The number of rotatable bonds is 2. The summed E-state index contributed by atoms with van der Waals surface area (Å²) in [5, 5.41) is 12.1. The van der Waals surface area contributed by atoms with E-state index in [0.717, 1.165) is 25.8 Å². The van der Waals surface area contributed by atoms with Gasteiger partial charge in [0.25, 0.3) is 0 Å². The smallest absolute Gasteiger partial charge is 0.326 e. The zero-order valence-electron chi connectivity index (χ0n) is 8.61. The van der Waals surface area contributed by atoms with Gasteiger partial charge in [0, 0.05) is 6.54 Å². The summed E-state index contributed by atoms with van der Waals surface area (Å²) in [6.45, 7) is 1.45. The normalized spacial score (nSPS) is 30.8. The molecule has 0 aromatic heterocycles. The van der Waals surface area contributed by atoms with Crippen LogP contribution in [0.3, 0.4) is 0 Å². The van der Waals surface area contributed by atoms with Crippen molar-refractivity contribution in [2.45, 2.75) is 37.8 Å². The van der Waals surface area contributed by atoms with Gasteiger partial charge in [-0.3, -0.25) is 4.79 Å². The molecular formula is C10H16N2O3. The molecule has 2 aliphatic heterocycles. The summed E-state index contributed by atoms with van der Waals surface area (Å²) in [6, 6.07) is -0.746. The lowest BCUT2D eigenvalue weighted by atomic mass is 10.1. The monoisotopic (exact) mass is 212 g/mol. The first-order valence-electron chi connectivity index (χ1n) is 5.47. The number of nitrogens with one attached hydrogen (secondary N) is 1. The van der Waals surface area contributed by atoms with Crippen molar-refractivity contribution in [2.24, 2.45) is 0 Å². The van der Waals surface area contributed by atoms with Crippen molar-refractivity contribution in [2.75, 3.05) is 13.1 Å². The van der Waals surface area contributed by atoms with Crippen molar-refractivity contribution < 1.29 is 14.7 Å². The molecule has 5 heteroatoms. The molecule has 0 radical (unpaired) electrons. The first-order chi connectivity index (χ1) is 7.20. The van der Waals surface area contributed by atoms with E-state index in [-0.39, 0.29) is 11.9 Å². The molecule has 0 unspecified atom stereocenters. The highest BCUT2D eigenvalue weighted by Gasteiger charge is 2.37. The quantitative estimate of drug-likeness (QED) is 0.666. The molecule has 0 bridgehead atoms. The maximum atomic E-state index is 12.0. The van der Waals surface area contributed by atoms with E-state index < -0.39 is 12.0 Å². The maximum Gasteiger partial charge on any atom is 0.326 e. The molecule has 0 aromatic rings. The van der Waals surface area contributed by atoms with Gasteiger partial charge in [0.15, 0.2) is 0 Å². The zero-order valence-corrected chi connectivity index (χ0v) is 8.61. The highest BCUT2D eigenvalue weighted by Crippen LogP contribution is 2.20. The van der Waals surface area contributed by atoms with Crippen LogP contribution in [0.15, 0.2) is 0 Å². The van der Waals surface area contributed by atoms with Crippen molar-refractivity contribution >= 4 is 11.9 Å². The van der Waals surface area contributed by atoms with E-state index >= 15 is 0 Å². The van der Waals surface area contributed by atoms with Crippen molar-refractivity contribution in [3.05, 3.63) is 0 Å². The minimum atomic E-state index is -0.876. The van der Waals surface area contributed by atoms with Gasteiger partial charge >= 0.3 is 5.97 Å². The van der Waals surface area contributed by atoms with Crippen LogP contribution in [-0.4, -0.2) is 47.1 Å². The molecule has 2 rings (SSSR count). The molecule has 2 saturated heterocycles. The number of likely N-dealkylation sites (tertiary alicyclic amines) is 1. The lowest BCUT2D eigenvalue weighted by Crippen LogP contribution is -2.48. The van der Waals surface area contributed by atoms with E-state index in [9.17, 15) is 9.59 Å². The molecule has 2 aliphatic rings. The molecule has 15 heavy (non-hydrogen) atoms. The lowest BCUT2D eigenvalue weighted by molar-refractivity contribution is -0.148. The van der Waals surface area contributed by atoms with Gasteiger partial charge in [-0.1, -0.05) is 0 Å². The van der Waals surface area contributed by atoms with Crippen molar-refractivity contribution in [3.63, 3.8) is 0 Å². The Hall–Kier alpha value is -1.10. The summed E-state index contributed by atoms with van der Waals surface area (Å²) >= 11 is 0. The van der Waals surface area contributed by atoms with Gasteiger partial charge in [-0.2, -0.15) is 0 Å². The van der Waals surface area contributed by atoms with Crippen LogP contribution in [0, 0.1) is 0 Å². The third-order valence-electron chi connectivity index (χ3n) is 3.18. The fourth-order valence-corrected chi connectivity index (χ4v) is 2.38. The molecule has 0 spiro atoms. The standard InChI is InChI=1S/C10H16N2O3/c13-9(7-3-1-5-11-7)12-6-2-4-8(12)10(14)15/h7-8,11H,1-6H2,(H,14,15)/t7-,8+/m0/s1. The van der Waals surface area contributed by atoms with Crippen LogP contribution >= 0.6 is 0 Å². The summed E-state index contributed by atoms with van der Waals surface area (Å²) < 4.78 is 0.